The third kappa shape index (κ3) is 3.69. The standard InChI is InChI=1S/C19H22N6O2/c1-27-16-7-10-20-18(21-16)24-11-8-15(9-12-24)17-22-23-19(26)25(17)13-14-5-3-2-4-6-14/h2-7,10,15H,8-9,11-13H2,1H3,(H,23,26). The van der Waals surface area contributed by atoms with Crippen molar-refractivity contribution in [1.29, 1.82) is 0 Å². The van der Waals surface area contributed by atoms with Gasteiger partial charge in [0.05, 0.1) is 13.7 Å². The quantitative estimate of drug-likeness (QED) is 0.741. The molecule has 0 bridgehead atoms. The SMILES string of the molecule is COc1ccnc(N2CCC(c3n[nH]c(=O)n3Cc3ccccc3)CC2)n1. The summed E-state index contributed by atoms with van der Waals surface area (Å²) < 4.78 is 6.93. The van der Waals surface area contributed by atoms with Crippen LogP contribution in [0.3, 0.4) is 0 Å². The zero-order valence-corrected chi connectivity index (χ0v) is 15.2. The van der Waals surface area contributed by atoms with Crippen LogP contribution in [0.25, 0.3) is 0 Å². The average molecular weight is 366 g/mol. The number of anilines is 1. The number of nitrogens with zero attached hydrogens (tertiary/aromatic N) is 5. The Morgan fingerprint density at radius 2 is 1.96 bits per heavy atom. The highest BCUT2D eigenvalue weighted by Gasteiger charge is 2.26. The number of hydrogen-bond donors (Lipinski definition) is 1. The van der Waals surface area contributed by atoms with Crippen molar-refractivity contribution in [3.05, 3.63) is 64.5 Å². The molecule has 0 saturated carbocycles. The number of hydrogen-bond acceptors (Lipinski definition) is 6. The molecule has 1 aromatic carbocycles. The molecule has 8 heteroatoms. The van der Waals surface area contributed by atoms with Gasteiger partial charge in [-0.2, -0.15) is 10.1 Å². The zero-order chi connectivity index (χ0) is 18.6. The van der Waals surface area contributed by atoms with Crippen LogP contribution in [-0.2, 0) is 6.54 Å². The van der Waals surface area contributed by atoms with E-state index in [2.05, 4.69) is 25.1 Å². The molecule has 1 fully saturated rings. The van der Waals surface area contributed by atoms with Crippen LogP contribution in [0, 0.1) is 0 Å². The van der Waals surface area contributed by atoms with E-state index in [1.807, 2.05) is 30.3 Å². The molecule has 0 aliphatic carbocycles. The van der Waals surface area contributed by atoms with Crippen LogP contribution in [0.4, 0.5) is 5.95 Å². The zero-order valence-electron chi connectivity index (χ0n) is 15.2. The number of aromatic nitrogens is 5. The van der Waals surface area contributed by atoms with Crippen LogP contribution in [0.2, 0.25) is 0 Å². The molecule has 1 aliphatic heterocycles. The third-order valence-electron chi connectivity index (χ3n) is 4.94. The predicted octanol–water partition coefficient (Wildman–Crippen LogP) is 1.80. The van der Waals surface area contributed by atoms with Crippen molar-refractivity contribution in [2.45, 2.75) is 25.3 Å². The van der Waals surface area contributed by atoms with Crippen LogP contribution in [0.15, 0.2) is 47.4 Å². The number of benzene rings is 1. The van der Waals surface area contributed by atoms with Crippen molar-refractivity contribution in [1.82, 2.24) is 24.7 Å². The van der Waals surface area contributed by atoms with Gasteiger partial charge in [-0.15, -0.1) is 0 Å². The molecular weight excluding hydrogens is 344 g/mol. The van der Waals surface area contributed by atoms with Crippen molar-refractivity contribution in [2.24, 2.45) is 0 Å². The van der Waals surface area contributed by atoms with Crippen LogP contribution in [-0.4, -0.2) is 44.9 Å². The second kappa shape index (κ2) is 7.61. The molecule has 140 valence electrons. The Bertz CT molecular complexity index is 944. The number of methoxy groups -OCH3 is 1. The Labute approximate surface area is 156 Å². The summed E-state index contributed by atoms with van der Waals surface area (Å²) in [6.45, 7) is 2.15. The lowest BCUT2D eigenvalue weighted by Crippen LogP contribution is -2.35. The molecular formula is C19H22N6O2. The number of rotatable bonds is 5. The monoisotopic (exact) mass is 366 g/mol. The Kier molecular flexibility index (Phi) is 4.86. The molecule has 3 heterocycles. The number of ether oxygens (including phenoxy) is 1. The maximum absolute atomic E-state index is 12.2. The highest BCUT2D eigenvalue weighted by Crippen LogP contribution is 2.28. The lowest BCUT2D eigenvalue weighted by atomic mass is 9.96. The van der Waals surface area contributed by atoms with Crippen LogP contribution in [0.1, 0.15) is 30.1 Å². The van der Waals surface area contributed by atoms with E-state index < -0.39 is 0 Å². The molecule has 0 atom stereocenters. The largest absolute Gasteiger partial charge is 0.481 e. The molecule has 1 N–H and O–H groups in total. The third-order valence-corrected chi connectivity index (χ3v) is 4.94. The molecule has 0 amide bonds. The Balaban J connectivity index is 1.48. The average Bonchev–Trinajstić information content (AvgIpc) is 3.09. The molecule has 2 aromatic heterocycles. The van der Waals surface area contributed by atoms with Crippen molar-refractivity contribution >= 4 is 5.95 Å². The van der Waals surface area contributed by atoms with Gasteiger partial charge in [-0.05, 0) is 18.4 Å². The van der Waals surface area contributed by atoms with Gasteiger partial charge in [0.1, 0.15) is 5.82 Å². The highest BCUT2D eigenvalue weighted by atomic mass is 16.5. The van der Waals surface area contributed by atoms with Gasteiger partial charge >= 0.3 is 5.69 Å². The van der Waals surface area contributed by atoms with E-state index in [9.17, 15) is 4.79 Å². The molecule has 0 radical (unpaired) electrons. The minimum absolute atomic E-state index is 0.160. The van der Waals surface area contributed by atoms with E-state index in [1.165, 1.54) is 0 Å². The molecule has 27 heavy (non-hydrogen) atoms. The van der Waals surface area contributed by atoms with Crippen LogP contribution >= 0.6 is 0 Å². The van der Waals surface area contributed by atoms with Crippen LogP contribution in [0.5, 0.6) is 5.88 Å². The Morgan fingerprint density at radius 1 is 1.19 bits per heavy atom. The van der Waals surface area contributed by atoms with E-state index in [-0.39, 0.29) is 11.6 Å². The fourth-order valence-electron chi connectivity index (χ4n) is 3.50. The smallest absolute Gasteiger partial charge is 0.343 e. The first kappa shape index (κ1) is 17.3. The van der Waals surface area contributed by atoms with E-state index in [0.29, 0.717) is 18.4 Å². The summed E-state index contributed by atoms with van der Waals surface area (Å²) in [5.41, 5.74) is 0.928. The van der Waals surface area contributed by atoms with Gasteiger partial charge in [-0.1, -0.05) is 30.3 Å². The Hall–Kier alpha value is -3.16. The molecule has 1 saturated heterocycles. The topological polar surface area (TPSA) is 88.9 Å². The molecule has 0 spiro atoms. The van der Waals surface area contributed by atoms with E-state index in [4.69, 9.17) is 4.74 Å². The van der Waals surface area contributed by atoms with Crippen molar-refractivity contribution < 1.29 is 4.74 Å². The number of nitrogens with one attached hydrogen (secondary N) is 1. The number of piperidine rings is 1. The number of aromatic amines is 1. The summed E-state index contributed by atoms with van der Waals surface area (Å²) >= 11 is 0. The first-order valence-corrected chi connectivity index (χ1v) is 9.05. The van der Waals surface area contributed by atoms with E-state index in [0.717, 1.165) is 37.3 Å². The second-order valence-electron chi connectivity index (χ2n) is 6.62. The lowest BCUT2D eigenvalue weighted by Gasteiger charge is -2.31. The summed E-state index contributed by atoms with van der Waals surface area (Å²) in [6, 6.07) is 11.7. The van der Waals surface area contributed by atoms with Gasteiger partial charge in [-0.3, -0.25) is 4.57 Å². The van der Waals surface area contributed by atoms with Gasteiger partial charge in [0.2, 0.25) is 11.8 Å². The maximum Gasteiger partial charge on any atom is 0.343 e. The lowest BCUT2D eigenvalue weighted by molar-refractivity contribution is 0.395. The van der Waals surface area contributed by atoms with Gasteiger partial charge in [-0.25, -0.2) is 14.9 Å². The summed E-state index contributed by atoms with van der Waals surface area (Å²) in [4.78, 5) is 23.1. The van der Waals surface area contributed by atoms with Crippen molar-refractivity contribution in [3.63, 3.8) is 0 Å². The minimum Gasteiger partial charge on any atom is -0.481 e. The molecule has 8 nitrogen and oxygen atoms in total. The van der Waals surface area contributed by atoms with Crippen molar-refractivity contribution in [2.75, 3.05) is 25.1 Å². The second-order valence-corrected chi connectivity index (χ2v) is 6.62. The molecule has 0 unspecified atom stereocenters. The Morgan fingerprint density at radius 3 is 2.70 bits per heavy atom. The minimum atomic E-state index is -0.160. The highest BCUT2D eigenvalue weighted by molar-refractivity contribution is 5.33. The maximum atomic E-state index is 12.2. The molecule has 1 aliphatic rings. The first-order chi connectivity index (χ1) is 13.2. The van der Waals surface area contributed by atoms with Gasteiger partial charge in [0.25, 0.3) is 0 Å². The summed E-state index contributed by atoms with van der Waals surface area (Å²) in [7, 11) is 1.60. The fraction of sp³-hybridized carbons (Fsp3) is 0.368. The van der Waals surface area contributed by atoms with Gasteiger partial charge in [0, 0.05) is 31.3 Å². The summed E-state index contributed by atoms with van der Waals surface area (Å²) in [5.74, 6) is 2.30. The van der Waals surface area contributed by atoms with Gasteiger partial charge in [0.15, 0.2) is 0 Å². The first-order valence-electron chi connectivity index (χ1n) is 9.05. The predicted molar refractivity (Wildman–Crippen MR) is 101 cm³/mol. The summed E-state index contributed by atoms with van der Waals surface area (Å²) in [5, 5.41) is 6.93. The normalized spacial score (nSPS) is 15.1. The molecule has 3 aromatic rings. The summed E-state index contributed by atoms with van der Waals surface area (Å²) in [6.07, 6.45) is 3.48. The fourth-order valence-corrected chi connectivity index (χ4v) is 3.50. The van der Waals surface area contributed by atoms with Crippen LogP contribution < -0.4 is 15.3 Å². The van der Waals surface area contributed by atoms with Gasteiger partial charge < -0.3 is 9.64 Å². The number of H-pyrrole nitrogens is 1. The molecule has 4 rings (SSSR count). The van der Waals surface area contributed by atoms with E-state index >= 15 is 0 Å². The van der Waals surface area contributed by atoms with E-state index in [1.54, 1.807) is 23.9 Å². The van der Waals surface area contributed by atoms with Crippen molar-refractivity contribution in [3.8, 4) is 5.88 Å².